The highest BCUT2D eigenvalue weighted by Gasteiger charge is 2.67. The molecule has 0 radical (unpaired) electrons. The number of oxime groups is 1. The fourth-order valence-electron chi connectivity index (χ4n) is 10.9. The quantitative estimate of drug-likeness (QED) is 0.220. The molecule has 6 saturated carbocycles. The van der Waals surface area contributed by atoms with Gasteiger partial charge in [0.05, 0.1) is 17.7 Å². The fraction of sp³-hybridized carbons (Fsp3) is 0.605. The minimum atomic E-state index is -4.13. The second kappa shape index (κ2) is 14.3. The zero-order valence-corrected chi connectivity index (χ0v) is 34.2. The SMILES string of the molecule is CC(C)(C)[C@H](NC(=O)OC12CC3CC(CC(C3)C1)C2)C(=O)N1C[C@H](ON=C2c3ccccc3-c3ccccc32)C[C@H]1C(=O)N[C@@]1(C(=O)NS(=O)(=O)C2CC2)C[C@H]1C(F)F. The molecule has 4 bridgehead atoms. The van der Waals surface area contributed by atoms with Crippen molar-refractivity contribution in [2.45, 2.75) is 126 Å². The summed E-state index contributed by atoms with van der Waals surface area (Å²) in [4.78, 5) is 63.8. The van der Waals surface area contributed by atoms with Gasteiger partial charge in [0.1, 0.15) is 35.0 Å². The van der Waals surface area contributed by atoms with Crippen molar-refractivity contribution in [3.63, 3.8) is 0 Å². The van der Waals surface area contributed by atoms with Gasteiger partial charge in [-0.1, -0.05) is 74.5 Å². The first-order valence-corrected chi connectivity index (χ1v) is 22.4. The summed E-state index contributed by atoms with van der Waals surface area (Å²) in [7, 11) is -4.13. The highest BCUT2D eigenvalue weighted by molar-refractivity contribution is 7.91. The minimum Gasteiger partial charge on any atom is -0.443 e. The number of halogens is 2. The number of carbonyl (C=O) groups excluding carboxylic acids is 4. The molecule has 1 aliphatic heterocycles. The molecule has 59 heavy (non-hydrogen) atoms. The Balaban J connectivity index is 0.986. The number of alkyl halides is 2. The van der Waals surface area contributed by atoms with Crippen molar-refractivity contribution >= 4 is 39.5 Å². The summed E-state index contributed by atoms with van der Waals surface area (Å²) in [5.41, 5.74) is 0.504. The van der Waals surface area contributed by atoms with Crippen molar-refractivity contribution in [1.82, 2.24) is 20.3 Å². The summed E-state index contributed by atoms with van der Waals surface area (Å²) in [6.45, 7) is 5.16. The number of benzene rings is 2. The van der Waals surface area contributed by atoms with Gasteiger partial charge in [-0.25, -0.2) is 22.0 Å². The van der Waals surface area contributed by atoms with Crippen LogP contribution in [0.15, 0.2) is 53.7 Å². The van der Waals surface area contributed by atoms with E-state index in [0.717, 1.165) is 60.8 Å². The third-order valence-electron chi connectivity index (χ3n) is 13.7. The number of sulfonamides is 1. The number of alkyl carbamates (subject to hydrolysis) is 1. The maximum atomic E-state index is 14.8. The van der Waals surface area contributed by atoms with E-state index < -0.39 is 92.6 Å². The lowest BCUT2D eigenvalue weighted by molar-refractivity contribution is -0.144. The van der Waals surface area contributed by atoms with E-state index in [1.807, 2.05) is 53.3 Å². The lowest BCUT2D eigenvalue weighted by Crippen LogP contribution is -2.61. The number of amides is 4. The van der Waals surface area contributed by atoms with Crippen LogP contribution in [0, 0.1) is 29.1 Å². The van der Waals surface area contributed by atoms with Gasteiger partial charge in [-0.05, 0) is 92.1 Å². The Morgan fingerprint density at radius 2 is 1.41 bits per heavy atom. The molecule has 2 aromatic carbocycles. The Kier molecular flexibility index (Phi) is 9.63. The van der Waals surface area contributed by atoms with Gasteiger partial charge in [-0.15, -0.1) is 0 Å². The summed E-state index contributed by atoms with van der Waals surface area (Å²) in [5, 5.41) is 9.06. The number of ether oxygens (including phenoxy) is 1. The molecule has 5 atom stereocenters. The molecule has 13 nitrogen and oxygen atoms in total. The Hall–Kier alpha value is -4.60. The van der Waals surface area contributed by atoms with Gasteiger partial charge in [-0.3, -0.25) is 19.1 Å². The summed E-state index contributed by atoms with van der Waals surface area (Å²) >= 11 is 0. The molecular formula is C43H51F2N5O8S. The Labute approximate surface area is 342 Å². The largest absolute Gasteiger partial charge is 0.443 e. The van der Waals surface area contributed by atoms with Gasteiger partial charge in [0.25, 0.3) is 5.91 Å². The van der Waals surface area contributed by atoms with E-state index in [0.29, 0.717) is 36.3 Å². The molecule has 8 aliphatic rings. The molecule has 1 saturated heterocycles. The first-order chi connectivity index (χ1) is 27.9. The van der Waals surface area contributed by atoms with Crippen molar-refractivity contribution in [2.24, 2.45) is 34.2 Å². The molecule has 10 rings (SSSR count). The van der Waals surface area contributed by atoms with E-state index in [1.165, 1.54) is 4.90 Å². The number of hydrogen-bond acceptors (Lipinski definition) is 9. The van der Waals surface area contributed by atoms with Crippen LogP contribution in [0.3, 0.4) is 0 Å². The summed E-state index contributed by atoms with van der Waals surface area (Å²) in [6, 6.07) is 12.9. The molecule has 7 aliphatic carbocycles. The van der Waals surface area contributed by atoms with E-state index in [-0.39, 0.29) is 13.0 Å². The second-order valence-corrected chi connectivity index (χ2v) is 21.2. The van der Waals surface area contributed by atoms with Crippen LogP contribution in [0.5, 0.6) is 0 Å². The van der Waals surface area contributed by atoms with Crippen LogP contribution >= 0.6 is 0 Å². The minimum absolute atomic E-state index is 0.135. The summed E-state index contributed by atoms with van der Waals surface area (Å²) < 4.78 is 62.0. The molecule has 7 fully saturated rings. The van der Waals surface area contributed by atoms with E-state index in [1.54, 1.807) is 20.8 Å². The number of carbonyl (C=O) groups is 4. The molecular weight excluding hydrogens is 785 g/mol. The predicted octanol–water partition coefficient (Wildman–Crippen LogP) is 5.26. The van der Waals surface area contributed by atoms with Gasteiger partial charge >= 0.3 is 6.09 Å². The normalized spacial score (nSPS) is 31.9. The lowest BCUT2D eigenvalue weighted by atomic mass is 9.54. The molecule has 0 spiro atoms. The Morgan fingerprint density at radius 3 is 1.92 bits per heavy atom. The standard InChI is InChI=1S/C43H51F2N5O8S/c1-41(2,3)35(46-40(54)57-42-18-23-14-24(19-42)16-25(15-23)20-42)38(52)50-22-26(58-48-34-30-10-6-4-8-28(30)29-9-5-7-11-31(29)34)17-33(50)37(51)47-43(21-32(43)36(44)45)39(53)49-59(55,56)27-12-13-27/h4-11,23-27,32-33,35-36H,12-22H2,1-3H3,(H,46,54)(H,47,51)(H,49,53)/t23?,24?,25?,26-,32+,33+,35-,42?,43+/m1/s1. The molecule has 0 aromatic heterocycles. The van der Waals surface area contributed by atoms with Crippen LogP contribution in [-0.4, -0.2) is 90.4 Å². The van der Waals surface area contributed by atoms with Crippen LogP contribution < -0.4 is 15.4 Å². The van der Waals surface area contributed by atoms with E-state index in [2.05, 4.69) is 15.8 Å². The topological polar surface area (TPSA) is 173 Å². The average Bonchev–Trinajstić information content (AvgIpc) is 4.08. The van der Waals surface area contributed by atoms with Crippen LogP contribution in [0.1, 0.15) is 96.1 Å². The lowest BCUT2D eigenvalue weighted by Gasteiger charge is -2.55. The fourth-order valence-corrected chi connectivity index (χ4v) is 12.3. The number of likely N-dealkylation sites (tertiary alicyclic amines) is 1. The van der Waals surface area contributed by atoms with Crippen molar-refractivity contribution in [3.05, 3.63) is 59.7 Å². The number of rotatable bonds is 11. The predicted molar refractivity (Wildman–Crippen MR) is 211 cm³/mol. The molecule has 1 heterocycles. The zero-order valence-electron chi connectivity index (χ0n) is 33.4. The third-order valence-corrected chi connectivity index (χ3v) is 15.5. The van der Waals surface area contributed by atoms with Gasteiger partial charge in [0.2, 0.25) is 28.3 Å². The van der Waals surface area contributed by atoms with Gasteiger partial charge in [0, 0.05) is 17.5 Å². The maximum Gasteiger partial charge on any atom is 0.408 e. The van der Waals surface area contributed by atoms with Crippen molar-refractivity contribution < 1.29 is 46.0 Å². The number of nitrogens with one attached hydrogen (secondary N) is 3. The Morgan fingerprint density at radius 1 is 0.847 bits per heavy atom. The average molecular weight is 836 g/mol. The van der Waals surface area contributed by atoms with Crippen molar-refractivity contribution in [1.29, 1.82) is 0 Å². The van der Waals surface area contributed by atoms with Crippen molar-refractivity contribution in [2.75, 3.05) is 6.54 Å². The summed E-state index contributed by atoms with van der Waals surface area (Å²) in [6.07, 6.45) is 1.25. The second-order valence-electron chi connectivity index (χ2n) is 19.2. The molecule has 16 heteroatoms. The van der Waals surface area contributed by atoms with Gasteiger partial charge in [0.15, 0.2) is 0 Å². The van der Waals surface area contributed by atoms with Crippen molar-refractivity contribution in [3.8, 4) is 11.1 Å². The third kappa shape index (κ3) is 7.37. The molecule has 4 amide bonds. The molecule has 316 valence electrons. The first-order valence-electron chi connectivity index (χ1n) is 20.8. The van der Waals surface area contributed by atoms with E-state index in [9.17, 15) is 36.4 Å². The number of nitrogens with zero attached hydrogens (tertiary/aromatic N) is 2. The Bertz CT molecular complexity index is 2140. The maximum absolute atomic E-state index is 14.8. The van der Waals surface area contributed by atoms with E-state index in [4.69, 9.17) is 9.57 Å². The smallest absolute Gasteiger partial charge is 0.408 e. The van der Waals surface area contributed by atoms with Gasteiger partial charge < -0.3 is 25.1 Å². The number of hydrogen-bond donors (Lipinski definition) is 3. The van der Waals surface area contributed by atoms with Crippen LogP contribution in [0.25, 0.3) is 11.1 Å². The summed E-state index contributed by atoms with van der Waals surface area (Å²) in [5.74, 6) is -2.90. The molecule has 3 N–H and O–H groups in total. The van der Waals surface area contributed by atoms with Gasteiger partial charge in [-0.2, -0.15) is 0 Å². The van der Waals surface area contributed by atoms with E-state index >= 15 is 0 Å². The first kappa shape index (κ1) is 39.8. The highest BCUT2D eigenvalue weighted by Crippen LogP contribution is 2.57. The zero-order chi connectivity index (χ0) is 41.6. The monoisotopic (exact) mass is 835 g/mol. The number of fused-ring (bicyclic) bond motifs is 3. The molecule has 0 unspecified atom stereocenters. The molecule has 2 aromatic rings. The van der Waals surface area contributed by atoms with Crippen LogP contribution in [0.4, 0.5) is 13.6 Å². The van der Waals surface area contributed by atoms with Crippen LogP contribution in [-0.2, 0) is 34.0 Å². The highest BCUT2D eigenvalue weighted by atomic mass is 32.2. The van der Waals surface area contributed by atoms with Crippen LogP contribution in [0.2, 0.25) is 0 Å².